The first-order chi connectivity index (χ1) is 7.22. The van der Waals surface area contributed by atoms with E-state index < -0.39 is 0 Å². The number of rotatable bonds is 2. The van der Waals surface area contributed by atoms with Gasteiger partial charge in [-0.15, -0.1) is 11.3 Å². The lowest BCUT2D eigenvalue weighted by Gasteiger charge is -2.05. The fourth-order valence-corrected chi connectivity index (χ4v) is 2.08. The Kier molecular flexibility index (Phi) is 2.70. The second-order valence-corrected chi connectivity index (χ2v) is 4.11. The quantitative estimate of drug-likeness (QED) is 0.817. The first-order valence-corrected chi connectivity index (χ1v) is 5.43. The molecule has 0 atom stereocenters. The number of fused-ring (bicyclic) bond motifs is 1. The van der Waals surface area contributed by atoms with Crippen LogP contribution in [0.3, 0.4) is 0 Å². The van der Waals surface area contributed by atoms with Crippen LogP contribution in [0.1, 0.15) is 0 Å². The van der Waals surface area contributed by atoms with Crippen LogP contribution in [-0.4, -0.2) is 10.9 Å². The molecule has 0 saturated heterocycles. The van der Waals surface area contributed by atoms with E-state index in [2.05, 4.69) is 16.9 Å². The van der Waals surface area contributed by atoms with Gasteiger partial charge in [-0.25, -0.2) is 4.98 Å². The summed E-state index contributed by atoms with van der Waals surface area (Å²) in [4.78, 5) is 15.3. The molecule has 3 nitrogen and oxygen atoms in total. The molecule has 2 aromatic rings. The minimum absolute atomic E-state index is 0.294. The Bertz CT molecular complexity index is 535. The average Bonchev–Trinajstić information content (AvgIpc) is 2.70. The van der Waals surface area contributed by atoms with Crippen molar-refractivity contribution in [2.75, 3.05) is 5.32 Å². The van der Waals surface area contributed by atoms with Gasteiger partial charge in [0.15, 0.2) is 0 Å². The first kappa shape index (κ1) is 10.1. The molecule has 2 rings (SSSR count). The highest BCUT2D eigenvalue weighted by atomic mass is 35.5. The van der Waals surface area contributed by atoms with E-state index in [4.69, 9.17) is 11.6 Å². The zero-order valence-electron chi connectivity index (χ0n) is 7.66. The number of nitrogens with one attached hydrogen (secondary N) is 1. The number of aromatic nitrogens is 1. The summed E-state index contributed by atoms with van der Waals surface area (Å²) in [7, 11) is 0. The molecule has 0 spiro atoms. The van der Waals surface area contributed by atoms with Crippen molar-refractivity contribution in [2.45, 2.75) is 0 Å². The highest BCUT2D eigenvalue weighted by Gasteiger charge is 2.09. The molecule has 0 unspecified atom stereocenters. The van der Waals surface area contributed by atoms with Crippen LogP contribution >= 0.6 is 22.9 Å². The fourth-order valence-electron chi connectivity index (χ4n) is 1.20. The topological polar surface area (TPSA) is 42.0 Å². The van der Waals surface area contributed by atoms with Crippen molar-refractivity contribution < 1.29 is 4.79 Å². The number of hydrogen-bond acceptors (Lipinski definition) is 3. The Labute approximate surface area is 95.4 Å². The van der Waals surface area contributed by atoms with E-state index >= 15 is 0 Å². The van der Waals surface area contributed by atoms with Gasteiger partial charge in [0, 0.05) is 0 Å². The van der Waals surface area contributed by atoms with Crippen LogP contribution in [0.4, 0.5) is 5.69 Å². The number of carbonyl (C=O) groups is 1. The lowest BCUT2D eigenvalue weighted by atomic mass is 10.3. The van der Waals surface area contributed by atoms with Crippen LogP contribution in [0, 0.1) is 0 Å². The van der Waals surface area contributed by atoms with Gasteiger partial charge >= 0.3 is 0 Å². The summed E-state index contributed by atoms with van der Waals surface area (Å²) in [5.74, 6) is -0.294. The maximum atomic E-state index is 11.2. The van der Waals surface area contributed by atoms with Crippen LogP contribution in [0.15, 0.2) is 30.3 Å². The molecule has 76 valence electrons. The molecule has 1 aromatic heterocycles. The Balaban J connectivity index is 2.56. The van der Waals surface area contributed by atoms with Gasteiger partial charge in [0.1, 0.15) is 5.52 Å². The van der Waals surface area contributed by atoms with Gasteiger partial charge in [-0.05, 0) is 18.2 Å². The molecule has 0 aliphatic carbocycles. The monoisotopic (exact) mass is 238 g/mol. The molecule has 0 radical (unpaired) electrons. The number of amides is 1. The maximum absolute atomic E-state index is 11.2. The van der Waals surface area contributed by atoms with Crippen molar-refractivity contribution in [1.82, 2.24) is 4.98 Å². The van der Waals surface area contributed by atoms with Crippen LogP contribution < -0.4 is 5.32 Å². The van der Waals surface area contributed by atoms with Crippen LogP contribution in [0.5, 0.6) is 0 Å². The van der Waals surface area contributed by atoms with E-state index in [1.165, 1.54) is 17.4 Å². The summed E-state index contributed by atoms with van der Waals surface area (Å²) in [6, 6.07) is 3.61. The summed E-state index contributed by atoms with van der Waals surface area (Å²) < 4.78 is 0.985. The number of thiazole rings is 1. The van der Waals surface area contributed by atoms with Crippen molar-refractivity contribution in [1.29, 1.82) is 0 Å². The van der Waals surface area contributed by atoms with E-state index in [1.807, 2.05) is 6.07 Å². The summed E-state index contributed by atoms with van der Waals surface area (Å²) in [5.41, 5.74) is 2.97. The van der Waals surface area contributed by atoms with Crippen LogP contribution in [-0.2, 0) is 4.79 Å². The molecule has 1 amide bonds. The van der Waals surface area contributed by atoms with Crippen molar-refractivity contribution >= 4 is 44.7 Å². The Morgan fingerprint density at radius 2 is 2.40 bits per heavy atom. The lowest BCUT2D eigenvalue weighted by molar-refractivity contribution is -0.111. The number of anilines is 1. The van der Waals surface area contributed by atoms with Crippen molar-refractivity contribution in [3.05, 3.63) is 35.3 Å². The van der Waals surface area contributed by atoms with Gasteiger partial charge < -0.3 is 5.32 Å². The maximum Gasteiger partial charge on any atom is 0.247 e. The second kappa shape index (κ2) is 4.00. The number of benzene rings is 1. The lowest BCUT2D eigenvalue weighted by Crippen LogP contribution is -2.08. The summed E-state index contributed by atoms with van der Waals surface area (Å²) in [6.07, 6.45) is 1.20. The minimum atomic E-state index is -0.294. The number of nitrogens with zero attached hydrogens (tertiary/aromatic N) is 1. The largest absolute Gasteiger partial charge is 0.319 e. The Hall–Kier alpha value is -1.39. The van der Waals surface area contributed by atoms with Gasteiger partial charge in [0.2, 0.25) is 5.91 Å². The number of hydrogen-bond donors (Lipinski definition) is 1. The normalized spacial score (nSPS) is 10.2. The van der Waals surface area contributed by atoms with Crippen molar-refractivity contribution in [3.63, 3.8) is 0 Å². The molecule has 0 aliphatic heterocycles. The second-order valence-electron chi connectivity index (χ2n) is 2.81. The fraction of sp³-hybridized carbons (Fsp3) is 0. The molecule has 0 bridgehead atoms. The van der Waals surface area contributed by atoms with E-state index in [0.717, 1.165) is 4.70 Å². The third kappa shape index (κ3) is 1.86. The van der Waals surface area contributed by atoms with E-state index in [9.17, 15) is 4.79 Å². The van der Waals surface area contributed by atoms with Gasteiger partial charge in [-0.2, -0.15) is 0 Å². The highest BCUT2D eigenvalue weighted by molar-refractivity contribution is 7.16. The first-order valence-electron chi connectivity index (χ1n) is 4.17. The Morgan fingerprint density at radius 1 is 1.60 bits per heavy atom. The molecule has 5 heteroatoms. The molecule has 1 N–H and O–H groups in total. The Morgan fingerprint density at radius 3 is 3.13 bits per heavy atom. The van der Waals surface area contributed by atoms with E-state index in [0.29, 0.717) is 16.2 Å². The van der Waals surface area contributed by atoms with Crippen LogP contribution in [0.25, 0.3) is 10.2 Å². The van der Waals surface area contributed by atoms with Gasteiger partial charge in [-0.1, -0.05) is 18.2 Å². The zero-order valence-corrected chi connectivity index (χ0v) is 9.23. The molecule has 0 aliphatic rings. The molecule has 1 heterocycles. The highest BCUT2D eigenvalue weighted by Crippen LogP contribution is 2.32. The summed E-state index contributed by atoms with van der Waals surface area (Å²) in [6.45, 7) is 3.38. The van der Waals surface area contributed by atoms with Crippen molar-refractivity contribution in [2.24, 2.45) is 0 Å². The number of halogens is 1. The molecular weight excluding hydrogens is 232 g/mol. The molecule has 0 saturated carbocycles. The third-order valence-corrected chi connectivity index (χ3v) is 2.99. The molecule has 15 heavy (non-hydrogen) atoms. The molecule has 0 fully saturated rings. The predicted octanol–water partition coefficient (Wildman–Crippen LogP) is 3.07. The number of carbonyl (C=O) groups excluding carboxylic acids is 1. The van der Waals surface area contributed by atoms with Gasteiger partial charge in [0.25, 0.3) is 0 Å². The van der Waals surface area contributed by atoms with Gasteiger partial charge in [-0.3, -0.25) is 4.79 Å². The zero-order chi connectivity index (χ0) is 10.8. The van der Waals surface area contributed by atoms with E-state index in [-0.39, 0.29) is 5.91 Å². The summed E-state index contributed by atoms with van der Waals surface area (Å²) >= 11 is 7.47. The average molecular weight is 239 g/mol. The summed E-state index contributed by atoms with van der Waals surface area (Å²) in [5, 5.41) is 3.12. The van der Waals surface area contributed by atoms with Gasteiger partial charge in [0.05, 0.1) is 20.9 Å². The van der Waals surface area contributed by atoms with Crippen molar-refractivity contribution in [3.8, 4) is 0 Å². The minimum Gasteiger partial charge on any atom is -0.319 e. The van der Waals surface area contributed by atoms with Crippen LogP contribution in [0.2, 0.25) is 5.02 Å². The molecule has 1 aromatic carbocycles. The molecular formula is C10H7ClN2OS. The predicted molar refractivity (Wildman–Crippen MR) is 63.5 cm³/mol. The van der Waals surface area contributed by atoms with E-state index in [1.54, 1.807) is 11.6 Å². The standard InChI is InChI=1S/C10H7ClN2OS/c1-2-8(14)13-9-6(11)3-4-7-10(9)12-5-15-7/h2-5H,1H2,(H,13,14). The smallest absolute Gasteiger partial charge is 0.247 e. The third-order valence-electron chi connectivity index (χ3n) is 1.89. The SMILES string of the molecule is C=CC(=O)Nc1c(Cl)ccc2scnc12.